The van der Waals surface area contributed by atoms with E-state index in [4.69, 9.17) is 16.7 Å². The number of carbonyl (C=O) groups is 1. The maximum Gasteiger partial charge on any atom is 0.320 e. The summed E-state index contributed by atoms with van der Waals surface area (Å²) in [6.45, 7) is 2.75. The highest BCUT2D eigenvalue weighted by atomic mass is 35.5. The Morgan fingerprint density at radius 1 is 1.50 bits per heavy atom. The molecule has 100 valence electrons. The van der Waals surface area contributed by atoms with Crippen molar-refractivity contribution in [3.8, 4) is 0 Å². The highest BCUT2D eigenvalue weighted by Gasteiger charge is 2.15. The van der Waals surface area contributed by atoms with Crippen LogP contribution in [0.5, 0.6) is 0 Å². The molecule has 2 N–H and O–H groups in total. The molecule has 0 fully saturated rings. The molecule has 3 nitrogen and oxygen atoms in total. The molecule has 0 saturated heterocycles. The van der Waals surface area contributed by atoms with Gasteiger partial charge < -0.3 is 10.4 Å². The van der Waals surface area contributed by atoms with Crippen LogP contribution in [0.15, 0.2) is 29.2 Å². The highest BCUT2D eigenvalue weighted by molar-refractivity contribution is 7.99. The van der Waals surface area contributed by atoms with Gasteiger partial charge in [-0.3, -0.25) is 4.79 Å². The zero-order valence-corrected chi connectivity index (χ0v) is 11.9. The summed E-state index contributed by atoms with van der Waals surface area (Å²) < 4.78 is 0. The molecule has 1 unspecified atom stereocenters. The van der Waals surface area contributed by atoms with E-state index in [0.717, 1.165) is 28.6 Å². The van der Waals surface area contributed by atoms with Crippen molar-refractivity contribution in [2.75, 3.05) is 12.3 Å². The number of carboxylic acids is 1. The predicted molar refractivity (Wildman–Crippen MR) is 76.5 cm³/mol. The van der Waals surface area contributed by atoms with Crippen LogP contribution in [-0.4, -0.2) is 29.4 Å². The van der Waals surface area contributed by atoms with Gasteiger partial charge in [0, 0.05) is 10.6 Å². The van der Waals surface area contributed by atoms with Gasteiger partial charge in [0.25, 0.3) is 0 Å². The standard InChI is InChI=1S/C13H18ClNO2S/c1-2-8-15-11(13(16)17)7-9-18-12-6-4-3-5-10(12)14/h3-6,11,15H,2,7-9H2,1H3,(H,16,17). The van der Waals surface area contributed by atoms with E-state index in [1.165, 1.54) is 0 Å². The van der Waals surface area contributed by atoms with E-state index in [2.05, 4.69) is 5.32 Å². The fourth-order valence-electron chi connectivity index (χ4n) is 1.48. The predicted octanol–water partition coefficient (Wildman–Crippen LogP) is 3.28. The van der Waals surface area contributed by atoms with Gasteiger partial charge in [0.05, 0.1) is 5.02 Å². The number of carboxylic acid groups (broad SMARTS) is 1. The number of benzene rings is 1. The summed E-state index contributed by atoms with van der Waals surface area (Å²) in [6.07, 6.45) is 1.52. The maximum atomic E-state index is 11.0. The molecule has 0 bridgehead atoms. The Morgan fingerprint density at radius 3 is 2.83 bits per heavy atom. The molecule has 1 atom stereocenters. The van der Waals surface area contributed by atoms with Crippen molar-refractivity contribution in [1.82, 2.24) is 5.32 Å². The second-order valence-electron chi connectivity index (χ2n) is 3.91. The Morgan fingerprint density at radius 2 is 2.22 bits per heavy atom. The molecule has 0 radical (unpaired) electrons. The molecule has 0 heterocycles. The molecular formula is C13H18ClNO2S. The molecule has 0 aliphatic carbocycles. The van der Waals surface area contributed by atoms with E-state index < -0.39 is 12.0 Å². The summed E-state index contributed by atoms with van der Waals surface area (Å²) in [5.41, 5.74) is 0. The van der Waals surface area contributed by atoms with E-state index in [9.17, 15) is 4.79 Å². The van der Waals surface area contributed by atoms with Crippen LogP contribution in [0.25, 0.3) is 0 Å². The lowest BCUT2D eigenvalue weighted by Gasteiger charge is -2.13. The highest BCUT2D eigenvalue weighted by Crippen LogP contribution is 2.27. The monoisotopic (exact) mass is 287 g/mol. The lowest BCUT2D eigenvalue weighted by atomic mass is 10.2. The summed E-state index contributed by atoms with van der Waals surface area (Å²) in [7, 11) is 0. The first-order valence-electron chi connectivity index (χ1n) is 5.98. The van der Waals surface area contributed by atoms with E-state index in [-0.39, 0.29) is 0 Å². The van der Waals surface area contributed by atoms with E-state index in [1.54, 1.807) is 11.8 Å². The van der Waals surface area contributed by atoms with Crippen LogP contribution < -0.4 is 5.32 Å². The Hall–Kier alpha value is -0.710. The first-order valence-corrected chi connectivity index (χ1v) is 7.35. The topological polar surface area (TPSA) is 49.3 Å². The summed E-state index contributed by atoms with van der Waals surface area (Å²) in [4.78, 5) is 12.0. The van der Waals surface area contributed by atoms with Gasteiger partial charge in [0.2, 0.25) is 0 Å². The van der Waals surface area contributed by atoms with Crippen LogP contribution >= 0.6 is 23.4 Å². The molecule has 1 aromatic rings. The number of hydrogen-bond donors (Lipinski definition) is 2. The Balaban J connectivity index is 2.39. The third-order valence-corrected chi connectivity index (χ3v) is 3.99. The van der Waals surface area contributed by atoms with Gasteiger partial charge in [0.1, 0.15) is 6.04 Å². The van der Waals surface area contributed by atoms with Crippen molar-refractivity contribution >= 4 is 29.3 Å². The van der Waals surface area contributed by atoms with E-state index >= 15 is 0 Å². The summed E-state index contributed by atoms with van der Waals surface area (Å²) in [5.74, 6) is -0.0551. The average molecular weight is 288 g/mol. The van der Waals surface area contributed by atoms with Crippen molar-refractivity contribution in [3.63, 3.8) is 0 Å². The smallest absolute Gasteiger partial charge is 0.320 e. The maximum absolute atomic E-state index is 11.0. The molecule has 0 aromatic heterocycles. The number of rotatable bonds is 8. The van der Waals surface area contributed by atoms with Crippen LogP contribution in [0.2, 0.25) is 5.02 Å². The fourth-order valence-corrected chi connectivity index (χ4v) is 2.73. The van der Waals surface area contributed by atoms with E-state index in [1.807, 2.05) is 31.2 Å². The second kappa shape index (κ2) is 8.40. The van der Waals surface area contributed by atoms with Crippen molar-refractivity contribution in [2.45, 2.75) is 30.7 Å². The van der Waals surface area contributed by atoms with Gasteiger partial charge in [-0.15, -0.1) is 11.8 Å². The van der Waals surface area contributed by atoms with Gasteiger partial charge >= 0.3 is 5.97 Å². The van der Waals surface area contributed by atoms with Crippen LogP contribution in [0.1, 0.15) is 19.8 Å². The van der Waals surface area contributed by atoms with Gasteiger partial charge in [-0.1, -0.05) is 30.7 Å². The second-order valence-corrected chi connectivity index (χ2v) is 5.46. The zero-order chi connectivity index (χ0) is 13.4. The number of nitrogens with one attached hydrogen (secondary N) is 1. The normalized spacial score (nSPS) is 12.3. The number of hydrogen-bond acceptors (Lipinski definition) is 3. The summed E-state index contributed by atoms with van der Waals surface area (Å²) in [6, 6.07) is 7.13. The molecule has 5 heteroatoms. The summed E-state index contributed by atoms with van der Waals surface area (Å²) >= 11 is 7.62. The lowest BCUT2D eigenvalue weighted by molar-refractivity contribution is -0.139. The molecule has 0 saturated carbocycles. The number of thioether (sulfide) groups is 1. The number of aliphatic carboxylic acids is 1. The van der Waals surface area contributed by atoms with E-state index in [0.29, 0.717) is 6.42 Å². The molecule has 0 aliphatic rings. The Kier molecular flexibility index (Phi) is 7.16. The van der Waals surface area contributed by atoms with Gasteiger partial charge in [0.15, 0.2) is 0 Å². The molecule has 18 heavy (non-hydrogen) atoms. The molecular weight excluding hydrogens is 270 g/mol. The van der Waals surface area contributed by atoms with Gasteiger partial charge in [-0.2, -0.15) is 0 Å². The van der Waals surface area contributed by atoms with Crippen molar-refractivity contribution < 1.29 is 9.90 Å². The minimum atomic E-state index is -0.789. The average Bonchev–Trinajstić information content (AvgIpc) is 2.35. The van der Waals surface area contributed by atoms with Crippen molar-refractivity contribution in [1.29, 1.82) is 0 Å². The van der Waals surface area contributed by atoms with Crippen LogP contribution in [0, 0.1) is 0 Å². The SMILES string of the molecule is CCCNC(CCSc1ccccc1Cl)C(=O)O. The third-order valence-electron chi connectivity index (χ3n) is 2.44. The first-order chi connectivity index (χ1) is 8.65. The van der Waals surface area contributed by atoms with Gasteiger partial charge in [-0.05, 0) is 31.5 Å². The minimum absolute atomic E-state index is 0.472. The van der Waals surface area contributed by atoms with Crippen LogP contribution in [0.4, 0.5) is 0 Å². The Labute approximate surface area is 117 Å². The largest absolute Gasteiger partial charge is 0.480 e. The summed E-state index contributed by atoms with van der Waals surface area (Å²) in [5, 5.41) is 12.8. The molecule has 0 aliphatic heterocycles. The minimum Gasteiger partial charge on any atom is -0.480 e. The third kappa shape index (κ3) is 5.29. The molecule has 1 rings (SSSR count). The lowest BCUT2D eigenvalue weighted by Crippen LogP contribution is -2.37. The van der Waals surface area contributed by atoms with Crippen molar-refractivity contribution in [3.05, 3.63) is 29.3 Å². The number of halogens is 1. The first kappa shape index (κ1) is 15.3. The zero-order valence-electron chi connectivity index (χ0n) is 10.4. The molecule has 0 amide bonds. The molecule has 1 aromatic carbocycles. The van der Waals surface area contributed by atoms with Crippen molar-refractivity contribution in [2.24, 2.45) is 0 Å². The van der Waals surface area contributed by atoms with Crippen LogP contribution in [0.3, 0.4) is 0 Å². The Bertz CT molecular complexity index is 387. The fraction of sp³-hybridized carbons (Fsp3) is 0.462. The quantitative estimate of drug-likeness (QED) is 0.721. The molecule has 0 spiro atoms. The van der Waals surface area contributed by atoms with Crippen LogP contribution in [-0.2, 0) is 4.79 Å². The van der Waals surface area contributed by atoms with Gasteiger partial charge in [-0.25, -0.2) is 0 Å².